The predicted octanol–water partition coefficient (Wildman–Crippen LogP) is 7.10. The zero-order chi connectivity index (χ0) is 51.7. The normalized spacial score (nSPS) is 15.1. The Morgan fingerprint density at radius 1 is 0.577 bits per heavy atom. The number of halogens is 3. The minimum Gasteiger partial charge on any atom is -0.493 e. The van der Waals surface area contributed by atoms with Crippen LogP contribution in [0.3, 0.4) is 0 Å². The van der Waals surface area contributed by atoms with Crippen molar-refractivity contribution in [1.82, 2.24) is 19.6 Å². The van der Waals surface area contributed by atoms with Crippen LogP contribution in [0.15, 0.2) is 107 Å². The lowest BCUT2D eigenvalue weighted by atomic mass is 9.99. The molecule has 0 atom stereocenters. The van der Waals surface area contributed by atoms with Gasteiger partial charge in [-0.25, -0.2) is 27.8 Å². The minimum atomic E-state index is -4.49. The number of amides is 2. The van der Waals surface area contributed by atoms with Gasteiger partial charge in [-0.05, 0) is 98.3 Å². The average Bonchev–Trinajstić information content (AvgIpc) is 3.38. The van der Waals surface area contributed by atoms with Crippen molar-refractivity contribution in [1.29, 1.82) is 0 Å². The van der Waals surface area contributed by atoms with Gasteiger partial charge in [-0.2, -0.15) is 21.8 Å². The second-order valence-electron chi connectivity index (χ2n) is 16.1. The number of benzene rings is 5. The molecule has 5 aromatic carbocycles. The van der Waals surface area contributed by atoms with E-state index in [9.17, 15) is 44.8 Å². The summed E-state index contributed by atoms with van der Waals surface area (Å²) in [6.07, 6.45) is -3.28. The van der Waals surface area contributed by atoms with E-state index < -0.39 is 49.2 Å². The number of hydrogen-bond acceptors (Lipinski definition) is 14. The molecule has 2 amide bonds. The molecular formula is C48H53F3N4O14S2. The summed E-state index contributed by atoms with van der Waals surface area (Å²) in [4.78, 5) is 24.1. The van der Waals surface area contributed by atoms with E-state index in [2.05, 4.69) is 0 Å². The van der Waals surface area contributed by atoms with Crippen LogP contribution in [0.5, 0.6) is 34.5 Å². The zero-order valence-electron chi connectivity index (χ0n) is 39.2. The van der Waals surface area contributed by atoms with Crippen molar-refractivity contribution < 1.29 is 78.4 Å². The first-order valence-electron chi connectivity index (χ1n) is 21.9. The summed E-state index contributed by atoms with van der Waals surface area (Å²) in [5.41, 5.74) is 3.07. The Morgan fingerprint density at radius 2 is 0.972 bits per heavy atom. The van der Waals surface area contributed by atoms with Crippen LogP contribution >= 0.6 is 0 Å². The number of sulfonamides is 2. The lowest BCUT2D eigenvalue weighted by molar-refractivity contribution is -0.137. The number of piperidine rings is 2. The number of carbonyl (C=O) groups is 2. The molecule has 2 aliphatic heterocycles. The lowest BCUT2D eigenvalue weighted by Crippen LogP contribution is -2.42. The number of methoxy groups -OCH3 is 4. The molecule has 5 aromatic rings. The maximum atomic E-state index is 13.5. The number of rotatable bonds is 15. The van der Waals surface area contributed by atoms with E-state index in [4.69, 9.17) is 33.6 Å². The largest absolute Gasteiger partial charge is 0.493 e. The van der Waals surface area contributed by atoms with Gasteiger partial charge in [0.25, 0.3) is 11.8 Å². The fourth-order valence-corrected chi connectivity index (χ4v) is 11.5. The third kappa shape index (κ3) is 12.1. The summed E-state index contributed by atoms with van der Waals surface area (Å²) in [7, 11) is -2.99. The highest BCUT2D eigenvalue weighted by Gasteiger charge is 2.38. The molecule has 0 saturated carbocycles. The monoisotopic (exact) mass is 1030 g/mol. The Balaban J connectivity index is 0.000000240. The molecular weight excluding hydrogens is 978 g/mol. The topological polar surface area (TPSA) is 229 Å². The summed E-state index contributed by atoms with van der Waals surface area (Å²) in [5, 5.41) is 18.4. The number of hydrogen-bond donors (Lipinski definition) is 4. The third-order valence-corrected chi connectivity index (χ3v) is 15.6. The van der Waals surface area contributed by atoms with Crippen LogP contribution in [0.1, 0.15) is 57.5 Å². The van der Waals surface area contributed by atoms with Crippen LogP contribution in [-0.2, 0) is 26.2 Å². The van der Waals surface area contributed by atoms with Crippen molar-refractivity contribution in [3.8, 4) is 45.6 Å². The van der Waals surface area contributed by atoms with Gasteiger partial charge in [-0.15, -0.1) is 0 Å². The fourth-order valence-electron chi connectivity index (χ4n) is 8.15. The summed E-state index contributed by atoms with van der Waals surface area (Å²) in [6, 6.07) is 24.5. The molecule has 0 radical (unpaired) electrons. The maximum absolute atomic E-state index is 13.5. The van der Waals surface area contributed by atoms with Crippen LogP contribution in [-0.4, -0.2) is 115 Å². The molecule has 0 bridgehead atoms. The quantitative estimate of drug-likeness (QED) is 0.0606. The van der Waals surface area contributed by atoms with E-state index in [1.165, 1.54) is 90.5 Å². The van der Waals surface area contributed by atoms with Crippen LogP contribution < -0.4 is 39.4 Å². The average molecular weight is 1030 g/mol. The highest BCUT2D eigenvalue weighted by Crippen LogP contribution is 2.40. The van der Waals surface area contributed by atoms with Gasteiger partial charge in [0.2, 0.25) is 20.0 Å². The summed E-state index contributed by atoms with van der Waals surface area (Å²) >= 11 is 0. The van der Waals surface area contributed by atoms with E-state index in [1.54, 1.807) is 24.3 Å². The molecule has 71 heavy (non-hydrogen) atoms. The Labute approximate surface area is 408 Å². The van der Waals surface area contributed by atoms with E-state index in [0.717, 1.165) is 17.4 Å². The highest BCUT2D eigenvalue weighted by molar-refractivity contribution is 7.89. The molecule has 2 aliphatic rings. The highest BCUT2D eigenvalue weighted by atomic mass is 32.2. The second kappa shape index (κ2) is 23.1. The first-order chi connectivity index (χ1) is 33.8. The molecule has 2 fully saturated rings. The third-order valence-electron chi connectivity index (χ3n) is 11.7. The molecule has 0 aliphatic carbocycles. The van der Waals surface area contributed by atoms with Crippen molar-refractivity contribution >= 4 is 31.9 Å². The number of aryl methyl sites for hydroxylation is 1. The molecule has 0 aromatic heterocycles. The molecule has 0 spiro atoms. The number of nitrogens with zero attached hydrogens (tertiary/aromatic N) is 2. The van der Waals surface area contributed by atoms with Gasteiger partial charge < -0.3 is 28.4 Å². The summed E-state index contributed by atoms with van der Waals surface area (Å²) in [5.74, 6) is -0.835. The Hall–Kier alpha value is -6.63. The first kappa shape index (κ1) is 53.7. The van der Waals surface area contributed by atoms with Crippen LogP contribution in [0, 0.1) is 6.92 Å². The number of ether oxygens (including phenoxy) is 6. The minimum absolute atomic E-state index is 0.0597. The Morgan fingerprint density at radius 3 is 1.34 bits per heavy atom. The molecule has 2 saturated heterocycles. The van der Waals surface area contributed by atoms with E-state index in [-0.39, 0.29) is 82.3 Å². The van der Waals surface area contributed by atoms with Gasteiger partial charge in [0, 0.05) is 26.2 Å². The molecule has 23 heteroatoms. The van der Waals surface area contributed by atoms with Crippen molar-refractivity contribution in [3.05, 3.63) is 119 Å². The predicted molar refractivity (Wildman–Crippen MR) is 250 cm³/mol. The van der Waals surface area contributed by atoms with Gasteiger partial charge in [-0.1, -0.05) is 48.0 Å². The summed E-state index contributed by atoms with van der Waals surface area (Å²) in [6.45, 7) is 2.62. The fraction of sp³-hybridized carbons (Fsp3) is 0.333. The first-order valence-corrected chi connectivity index (χ1v) is 24.8. The van der Waals surface area contributed by atoms with Crippen LogP contribution in [0.2, 0.25) is 0 Å². The molecule has 7 rings (SSSR count). The number of hydroxylamine groups is 2. The van der Waals surface area contributed by atoms with Crippen LogP contribution in [0.25, 0.3) is 11.1 Å². The van der Waals surface area contributed by atoms with Crippen molar-refractivity contribution in [2.45, 2.75) is 60.8 Å². The number of nitrogens with one attached hydrogen (secondary N) is 2. The van der Waals surface area contributed by atoms with Crippen LogP contribution in [0.4, 0.5) is 13.2 Å². The lowest BCUT2D eigenvalue weighted by Gasteiger charge is -2.32. The van der Waals surface area contributed by atoms with E-state index in [1.807, 2.05) is 31.2 Å². The van der Waals surface area contributed by atoms with E-state index in [0.29, 0.717) is 37.0 Å². The van der Waals surface area contributed by atoms with Gasteiger partial charge >= 0.3 is 6.18 Å². The molecule has 4 N–H and O–H groups in total. The molecule has 0 unspecified atom stereocenters. The van der Waals surface area contributed by atoms with Gasteiger partial charge in [0.05, 0.1) is 43.8 Å². The van der Waals surface area contributed by atoms with Gasteiger partial charge in [0.1, 0.15) is 34.8 Å². The van der Waals surface area contributed by atoms with Crippen molar-refractivity contribution in [3.63, 3.8) is 0 Å². The molecule has 2 heterocycles. The number of carbonyl (C=O) groups excluding carboxylic acids is 2. The standard InChI is InChI=1S/C27H27F3N2O7S.C21H26N2O7S/c1-37-22-11-12-23(24(25(22)38-2)26(33)31-34)40(35,36)32-15-13-19(14-16-32)39-18-9-7-17(8-10-18)20-5-3-4-6-21(20)27(28,29)30;1-14-4-6-15(7-5-14)30-16-10-12-23(13-11-16)31(26,27)18-9-8-17(28-2)20(29-3)19(18)21(24)22-25/h3-12,19,34H,13-16H2,1-2H3,(H,31,33);4-9,16,25H,10-13H2,1-3H3,(H,22,24). The van der Waals surface area contributed by atoms with Crippen molar-refractivity contribution in [2.24, 2.45) is 0 Å². The SMILES string of the molecule is COc1ccc(S(=O)(=O)N2CCC(Oc3ccc(-c4ccccc4C(F)(F)F)cc3)CC2)c(C(=O)NO)c1OC.COc1ccc(S(=O)(=O)N2CCC(Oc3ccc(C)cc3)CC2)c(C(=O)NO)c1OC. The Kier molecular flexibility index (Phi) is 17.5. The van der Waals surface area contributed by atoms with Gasteiger partial charge in [-0.3, -0.25) is 20.0 Å². The molecule has 18 nitrogen and oxygen atoms in total. The van der Waals surface area contributed by atoms with Crippen molar-refractivity contribution in [2.75, 3.05) is 54.6 Å². The summed E-state index contributed by atoms with van der Waals surface area (Å²) < 4.78 is 129. The van der Waals surface area contributed by atoms with E-state index >= 15 is 0 Å². The zero-order valence-corrected chi connectivity index (χ0v) is 40.8. The molecule has 382 valence electrons. The maximum Gasteiger partial charge on any atom is 0.417 e. The second-order valence-corrected chi connectivity index (χ2v) is 19.9. The van der Waals surface area contributed by atoms with Gasteiger partial charge in [0.15, 0.2) is 23.0 Å². The Bertz CT molecular complexity index is 2890. The number of alkyl halides is 3. The smallest absolute Gasteiger partial charge is 0.417 e.